The Bertz CT molecular complexity index is 265. The lowest BCUT2D eigenvalue weighted by atomic mass is 10.1. The van der Waals surface area contributed by atoms with Gasteiger partial charge < -0.3 is 5.32 Å². The fourth-order valence-electron chi connectivity index (χ4n) is 1.65. The average molecular weight is 211 g/mol. The number of hydrogen-bond acceptors (Lipinski definition) is 2. The first-order valence-electron chi connectivity index (χ1n) is 5.36. The van der Waals surface area contributed by atoms with Crippen molar-refractivity contribution in [2.45, 2.75) is 46.7 Å². The van der Waals surface area contributed by atoms with E-state index >= 15 is 0 Å². The molecule has 0 bridgehead atoms. The molecule has 1 nitrogen and oxygen atoms in total. The van der Waals surface area contributed by atoms with Crippen LogP contribution in [0.25, 0.3) is 0 Å². The Morgan fingerprint density at radius 3 is 2.50 bits per heavy atom. The van der Waals surface area contributed by atoms with Crippen LogP contribution in [0, 0.1) is 12.8 Å². The lowest BCUT2D eigenvalue weighted by Gasteiger charge is -2.15. The number of aryl methyl sites for hydroxylation is 1. The van der Waals surface area contributed by atoms with Crippen LogP contribution in [0.3, 0.4) is 0 Å². The van der Waals surface area contributed by atoms with Crippen molar-refractivity contribution in [1.82, 2.24) is 5.32 Å². The summed E-state index contributed by atoms with van der Waals surface area (Å²) < 4.78 is 0. The van der Waals surface area contributed by atoms with Gasteiger partial charge in [-0.25, -0.2) is 0 Å². The second-order valence-electron chi connectivity index (χ2n) is 4.42. The van der Waals surface area contributed by atoms with Gasteiger partial charge in [0, 0.05) is 22.3 Å². The van der Waals surface area contributed by atoms with E-state index in [4.69, 9.17) is 0 Å². The molecular formula is C12H21NS. The minimum atomic E-state index is 0.623. The highest BCUT2D eigenvalue weighted by atomic mass is 32.1. The predicted octanol–water partition coefficient (Wildman–Crippen LogP) is 3.58. The second kappa shape index (κ2) is 5.52. The summed E-state index contributed by atoms with van der Waals surface area (Å²) in [5, 5.41) is 3.55. The van der Waals surface area contributed by atoms with Crippen molar-refractivity contribution in [1.29, 1.82) is 0 Å². The van der Waals surface area contributed by atoms with Gasteiger partial charge in [-0.1, -0.05) is 13.8 Å². The van der Waals surface area contributed by atoms with Gasteiger partial charge in [-0.3, -0.25) is 0 Å². The molecule has 1 N–H and O–H groups in total. The molecule has 0 spiro atoms. The normalized spacial score (nSPS) is 13.5. The van der Waals surface area contributed by atoms with E-state index < -0.39 is 0 Å². The third-order valence-corrected chi connectivity index (χ3v) is 3.25. The van der Waals surface area contributed by atoms with Crippen LogP contribution in [0.5, 0.6) is 0 Å². The van der Waals surface area contributed by atoms with Crippen molar-refractivity contribution in [3.63, 3.8) is 0 Å². The van der Waals surface area contributed by atoms with E-state index in [1.54, 1.807) is 0 Å². The Labute approximate surface area is 91.5 Å². The molecule has 0 saturated carbocycles. The van der Waals surface area contributed by atoms with Gasteiger partial charge in [-0.15, -0.1) is 11.3 Å². The fourth-order valence-corrected chi connectivity index (χ4v) is 2.49. The van der Waals surface area contributed by atoms with Crippen molar-refractivity contribution < 1.29 is 0 Å². The van der Waals surface area contributed by atoms with Gasteiger partial charge in [0.1, 0.15) is 0 Å². The van der Waals surface area contributed by atoms with Crippen LogP contribution in [0.1, 0.15) is 36.9 Å². The Kier molecular flexibility index (Phi) is 4.63. The van der Waals surface area contributed by atoms with Crippen molar-refractivity contribution in [3.05, 3.63) is 21.9 Å². The second-order valence-corrected chi connectivity index (χ2v) is 5.80. The van der Waals surface area contributed by atoms with Crippen LogP contribution in [0.4, 0.5) is 0 Å². The van der Waals surface area contributed by atoms with Gasteiger partial charge in [0.25, 0.3) is 0 Å². The van der Waals surface area contributed by atoms with Gasteiger partial charge in [0.05, 0.1) is 0 Å². The molecule has 2 heteroatoms. The molecule has 0 amide bonds. The summed E-state index contributed by atoms with van der Waals surface area (Å²) >= 11 is 1.89. The number of thiophene rings is 1. The summed E-state index contributed by atoms with van der Waals surface area (Å²) in [6.45, 7) is 9.99. The molecule has 0 aliphatic rings. The third kappa shape index (κ3) is 4.25. The van der Waals surface area contributed by atoms with Crippen LogP contribution >= 0.6 is 11.3 Å². The Balaban J connectivity index is 2.26. The lowest BCUT2D eigenvalue weighted by molar-refractivity contribution is 0.443. The minimum Gasteiger partial charge on any atom is -0.309 e. The molecule has 0 saturated heterocycles. The first-order valence-corrected chi connectivity index (χ1v) is 6.18. The summed E-state index contributed by atoms with van der Waals surface area (Å²) in [6, 6.07) is 5.03. The molecule has 0 aliphatic carbocycles. The van der Waals surface area contributed by atoms with E-state index in [9.17, 15) is 0 Å². The topological polar surface area (TPSA) is 12.0 Å². The van der Waals surface area contributed by atoms with Crippen LogP contribution < -0.4 is 5.32 Å². The smallest absolute Gasteiger partial charge is 0.0302 e. The summed E-state index contributed by atoms with van der Waals surface area (Å²) in [6.07, 6.45) is 1.25. The molecule has 0 fully saturated rings. The Morgan fingerprint density at radius 2 is 2.00 bits per heavy atom. The van der Waals surface area contributed by atoms with E-state index in [1.165, 1.54) is 16.2 Å². The van der Waals surface area contributed by atoms with E-state index in [1.807, 2.05) is 11.3 Å². The maximum atomic E-state index is 3.55. The standard InChI is InChI=1S/C12H21NS/c1-9(2)7-10(3)13-8-12-6-5-11(4)14-12/h5-6,9-10,13H,7-8H2,1-4H3. The third-order valence-electron chi connectivity index (χ3n) is 2.25. The van der Waals surface area contributed by atoms with Gasteiger partial charge in [-0.05, 0) is 38.3 Å². The number of rotatable bonds is 5. The lowest BCUT2D eigenvalue weighted by Crippen LogP contribution is -2.26. The molecule has 0 aliphatic heterocycles. The van der Waals surface area contributed by atoms with E-state index in [0.717, 1.165) is 12.5 Å². The van der Waals surface area contributed by atoms with E-state index in [-0.39, 0.29) is 0 Å². The molecule has 1 unspecified atom stereocenters. The molecule has 1 aromatic heterocycles. The van der Waals surface area contributed by atoms with Crippen LogP contribution in [0.15, 0.2) is 12.1 Å². The maximum Gasteiger partial charge on any atom is 0.0302 e. The minimum absolute atomic E-state index is 0.623. The predicted molar refractivity (Wildman–Crippen MR) is 64.8 cm³/mol. The van der Waals surface area contributed by atoms with E-state index in [0.29, 0.717) is 6.04 Å². The SMILES string of the molecule is Cc1ccc(CNC(C)CC(C)C)s1. The molecule has 1 atom stereocenters. The summed E-state index contributed by atoms with van der Waals surface area (Å²) in [4.78, 5) is 2.84. The molecule has 14 heavy (non-hydrogen) atoms. The van der Waals surface area contributed by atoms with Crippen LogP contribution in [0.2, 0.25) is 0 Å². The molecule has 1 heterocycles. The van der Waals surface area contributed by atoms with Crippen molar-refractivity contribution in [2.75, 3.05) is 0 Å². The first-order chi connectivity index (χ1) is 6.58. The fraction of sp³-hybridized carbons (Fsp3) is 0.667. The van der Waals surface area contributed by atoms with Crippen molar-refractivity contribution in [3.8, 4) is 0 Å². The van der Waals surface area contributed by atoms with Gasteiger partial charge in [0.2, 0.25) is 0 Å². The number of hydrogen-bond donors (Lipinski definition) is 1. The van der Waals surface area contributed by atoms with Gasteiger partial charge in [-0.2, -0.15) is 0 Å². The maximum absolute atomic E-state index is 3.55. The van der Waals surface area contributed by atoms with Crippen molar-refractivity contribution >= 4 is 11.3 Å². The van der Waals surface area contributed by atoms with Gasteiger partial charge in [0.15, 0.2) is 0 Å². The average Bonchev–Trinajstić information content (AvgIpc) is 2.47. The zero-order chi connectivity index (χ0) is 10.6. The molecule has 0 aromatic carbocycles. The van der Waals surface area contributed by atoms with E-state index in [2.05, 4.69) is 45.1 Å². The van der Waals surface area contributed by atoms with Crippen molar-refractivity contribution in [2.24, 2.45) is 5.92 Å². The highest BCUT2D eigenvalue weighted by Crippen LogP contribution is 2.15. The van der Waals surface area contributed by atoms with Crippen LogP contribution in [-0.4, -0.2) is 6.04 Å². The zero-order valence-electron chi connectivity index (χ0n) is 9.63. The van der Waals surface area contributed by atoms with Crippen LogP contribution in [-0.2, 0) is 6.54 Å². The summed E-state index contributed by atoms with van der Waals surface area (Å²) in [5.41, 5.74) is 0. The molecular weight excluding hydrogens is 190 g/mol. The largest absolute Gasteiger partial charge is 0.309 e. The number of nitrogens with one attached hydrogen (secondary N) is 1. The molecule has 1 aromatic rings. The molecule has 80 valence electrons. The highest BCUT2D eigenvalue weighted by Gasteiger charge is 2.04. The highest BCUT2D eigenvalue weighted by molar-refractivity contribution is 7.11. The molecule has 0 radical (unpaired) electrons. The Hall–Kier alpha value is -0.340. The summed E-state index contributed by atoms with van der Waals surface area (Å²) in [5.74, 6) is 0.780. The first kappa shape index (κ1) is 11.7. The zero-order valence-corrected chi connectivity index (χ0v) is 10.4. The Morgan fingerprint density at radius 1 is 1.29 bits per heavy atom. The molecule has 1 rings (SSSR count). The van der Waals surface area contributed by atoms with Gasteiger partial charge >= 0.3 is 0 Å². The monoisotopic (exact) mass is 211 g/mol. The summed E-state index contributed by atoms with van der Waals surface area (Å²) in [7, 11) is 0. The quantitative estimate of drug-likeness (QED) is 0.785.